The lowest BCUT2D eigenvalue weighted by molar-refractivity contribution is -0.0884. The summed E-state index contributed by atoms with van der Waals surface area (Å²) in [5, 5.41) is 3.48. The van der Waals surface area contributed by atoms with E-state index in [-0.39, 0.29) is 30.3 Å². The molecule has 0 saturated carbocycles. The zero-order chi connectivity index (χ0) is 28.4. The first-order chi connectivity index (χ1) is 17.7. The van der Waals surface area contributed by atoms with Gasteiger partial charge in [-0.2, -0.15) is 13.2 Å². The molecule has 0 radical (unpaired) electrons. The van der Waals surface area contributed by atoms with Crippen molar-refractivity contribution in [3.8, 4) is 12.8 Å². The standard InChI is InChI=1S/C26H33F5N2.C2H6.C2H2/c1-4-8-21(26(29,30)31)17-20(23(28)5-2)12-15-25-24(9-6-7-16-33(25)3)32-18-19-10-13-22(27)14-11-19;2*1-2/h5,8,10-11,13-15,17,24,32H,4,6-7,9,12,16,18H2,1-3H3;1-2H3;1-2H/b20-17-,21-8-,23-5+,25-15-;;. The first kappa shape index (κ1) is 34.1. The number of halogens is 5. The van der Waals surface area contributed by atoms with Crippen LogP contribution in [0.3, 0.4) is 0 Å². The molecule has 7 heteroatoms. The molecule has 0 aliphatic carbocycles. The van der Waals surface area contributed by atoms with Gasteiger partial charge in [-0.1, -0.05) is 51.1 Å². The second kappa shape index (κ2) is 18.4. The van der Waals surface area contributed by atoms with Crippen molar-refractivity contribution in [2.75, 3.05) is 13.6 Å². The molecule has 1 fully saturated rings. The van der Waals surface area contributed by atoms with Crippen LogP contribution in [0.2, 0.25) is 0 Å². The van der Waals surface area contributed by atoms with Gasteiger partial charge >= 0.3 is 6.18 Å². The van der Waals surface area contributed by atoms with E-state index in [0.29, 0.717) is 6.54 Å². The largest absolute Gasteiger partial charge is 0.416 e. The second-order valence-corrected chi connectivity index (χ2v) is 8.18. The lowest BCUT2D eigenvalue weighted by Gasteiger charge is -2.27. The van der Waals surface area contributed by atoms with Crippen LogP contribution in [-0.2, 0) is 6.54 Å². The van der Waals surface area contributed by atoms with Crippen LogP contribution in [0.5, 0.6) is 0 Å². The van der Waals surface area contributed by atoms with E-state index in [1.54, 1.807) is 19.1 Å². The van der Waals surface area contributed by atoms with E-state index in [1.807, 2.05) is 27.0 Å². The number of likely N-dealkylation sites (tertiary alicyclic amines) is 1. The fraction of sp³-hybridized carbons (Fsp3) is 0.467. The Hall–Kier alpha value is -2.85. The Bertz CT molecular complexity index is 922. The Morgan fingerprint density at radius 3 is 2.30 bits per heavy atom. The van der Waals surface area contributed by atoms with Gasteiger partial charge in [0.25, 0.3) is 0 Å². The average Bonchev–Trinajstić information content (AvgIpc) is 3.07. The molecule has 1 atom stereocenters. The van der Waals surface area contributed by atoms with Gasteiger partial charge < -0.3 is 10.2 Å². The third-order valence-electron chi connectivity index (χ3n) is 5.67. The minimum atomic E-state index is -4.54. The van der Waals surface area contributed by atoms with E-state index in [4.69, 9.17) is 0 Å². The number of nitrogens with one attached hydrogen (secondary N) is 1. The predicted molar refractivity (Wildman–Crippen MR) is 145 cm³/mol. The van der Waals surface area contributed by atoms with Crippen molar-refractivity contribution < 1.29 is 22.0 Å². The van der Waals surface area contributed by atoms with Crippen LogP contribution in [0, 0.1) is 18.7 Å². The summed E-state index contributed by atoms with van der Waals surface area (Å²) in [5.74, 6) is -0.959. The maximum atomic E-state index is 14.5. The van der Waals surface area contributed by atoms with Crippen molar-refractivity contribution in [2.24, 2.45) is 0 Å². The Labute approximate surface area is 220 Å². The van der Waals surface area contributed by atoms with Gasteiger partial charge in [0, 0.05) is 31.9 Å². The molecular formula is C30H41F5N2. The Kier molecular flexibility index (Phi) is 17.0. The number of terminal acetylenes is 1. The number of hydrogen-bond acceptors (Lipinski definition) is 2. The monoisotopic (exact) mass is 524 g/mol. The summed E-state index contributed by atoms with van der Waals surface area (Å²) >= 11 is 0. The molecule has 2 nitrogen and oxygen atoms in total. The molecule has 0 spiro atoms. The number of allylic oxidation sites excluding steroid dienone is 7. The highest BCUT2D eigenvalue weighted by molar-refractivity contribution is 5.37. The van der Waals surface area contributed by atoms with Crippen molar-refractivity contribution in [1.29, 1.82) is 0 Å². The van der Waals surface area contributed by atoms with Crippen LogP contribution in [0.15, 0.2) is 71.2 Å². The zero-order valence-electron chi connectivity index (χ0n) is 22.6. The average molecular weight is 525 g/mol. The predicted octanol–water partition coefficient (Wildman–Crippen LogP) is 8.65. The second-order valence-electron chi connectivity index (χ2n) is 8.18. The fourth-order valence-electron chi connectivity index (χ4n) is 3.88. The quantitative estimate of drug-likeness (QED) is 0.208. The third-order valence-corrected chi connectivity index (χ3v) is 5.67. The van der Waals surface area contributed by atoms with Crippen LogP contribution in [0.25, 0.3) is 0 Å². The van der Waals surface area contributed by atoms with E-state index in [9.17, 15) is 22.0 Å². The van der Waals surface area contributed by atoms with Gasteiger partial charge in [-0.3, -0.25) is 0 Å². The molecule has 1 heterocycles. The summed E-state index contributed by atoms with van der Waals surface area (Å²) in [7, 11) is 1.94. The molecule has 1 N–H and O–H groups in total. The van der Waals surface area contributed by atoms with Crippen LogP contribution in [0.4, 0.5) is 22.0 Å². The third kappa shape index (κ3) is 12.3. The van der Waals surface area contributed by atoms with Gasteiger partial charge in [-0.05, 0) is 68.4 Å². The molecule has 206 valence electrons. The molecule has 1 aromatic carbocycles. The molecule has 37 heavy (non-hydrogen) atoms. The topological polar surface area (TPSA) is 15.3 Å². The van der Waals surface area contributed by atoms with E-state index in [2.05, 4.69) is 23.1 Å². The number of rotatable bonds is 8. The maximum absolute atomic E-state index is 14.5. The Morgan fingerprint density at radius 1 is 1.14 bits per heavy atom. The maximum Gasteiger partial charge on any atom is 0.416 e. The number of alkyl halides is 3. The minimum Gasteiger partial charge on any atom is -0.377 e. The Balaban J connectivity index is 0.00000308. The van der Waals surface area contributed by atoms with E-state index in [1.165, 1.54) is 25.1 Å². The van der Waals surface area contributed by atoms with Crippen LogP contribution >= 0.6 is 0 Å². The molecule has 1 aliphatic rings. The van der Waals surface area contributed by atoms with Crippen molar-refractivity contribution in [2.45, 2.75) is 78.6 Å². The van der Waals surface area contributed by atoms with E-state index >= 15 is 0 Å². The summed E-state index contributed by atoms with van der Waals surface area (Å²) in [6.07, 6.45) is 11.5. The molecule has 0 aromatic heterocycles. The number of hydrogen-bond donors (Lipinski definition) is 1. The van der Waals surface area contributed by atoms with Crippen molar-refractivity contribution >= 4 is 0 Å². The molecule has 2 rings (SSSR count). The van der Waals surface area contributed by atoms with Crippen molar-refractivity contribution in [3.05, 3.63) is 82.6 Å². The molecule has 1 unspecified atom stereocenters. The molecule has 1 aliphatic heterocycles. The number of likely N-dealkylation sites (N-methyl/N-ethyl adjacent to an activating group) is 1. The highest BCUT2D eigenvalue weighted by Crippen LogP contribution is 2.31. The highest BCUT2D eigenvalue weighted by Gasteiger charge is 2.32. The van der Waals surface area contributed by atoms with Gasteiger partial charge in [0.15, 0.2) is 0 Å². The molecule has 0 amide bonds. The number of benzene rings is 1. The summed E-state index contributed by atoms with van der Waals surface area (Å²) in [6, 6.07) is 6.21. The van der Waals surface area contributed by atoms with Gasteiger partial charge in [0.1, 0.15) is 11.6 Å². The summed E-state index contributed by atoms with van der Waals surface area (Å²) in [6.45, 7) is 8.43. The molecule has 0 bridgehead atoms. The van der Waals surface area contributed by atoms with E-state index < -0.39 is 17.6 Å². The lowest BCUT2D eigenvalue weighted by atomic mass is 10.0. The van der Waals surface area contributed by atoms with Gasteiger partial charge in [0.05, 0.1) is 5.57 Å². The Morgan fingerprint density at radius 2 is 1.76 bits per heavy atom. The first-order valence-electron chi connectivity index (χ1n) is 12.7. The molecule has 1 saturated heterocycles. The first-order valence-corrected chi connectivity index (χ1v) is 12.7. The van der Waals surface area contributed by atoms with Crippen LogP contribution in [-0.4, -0.2) is 30.7 Å². The minimum absolute atomic E-state index is 0.00282. The highest BCUT2D eigenvalue weighted by atomic mass is 19.4. The normalized spacial score (nSPS) is 18.4. The van der Waals surface area contributed by atoms with E-state index in [0.717, 1.165) is 49.2 Å². The smallest absolute Gasteiger partial charge is 0.377 e. The number of nitrogens with zero attached hydrogens (tertiary/aromatic N) is 1. The molecular weight excluding hydrogens is 483 g/mol. The van der Waals surface area contributed by atoms with Crippen LogP contribution in [0.1, 0.15) is 65.4 Å². The SMILES string of the molecule is C#C.CC.C\C=C(F)/C(=C\C(=C\CC)C(F)(F)F)C/C=C1/C(NCc2ccc(F)cc2)CCCCN1C. The van der Waals surface area contributed by atoms with Gasteiger partial charge in [0.2, 0.25) is 0 Å². The molecule has 1 aromatic rings. The van der Waals surface area contributed by atoms with Crippen molar-refractivity contribution in [1.82, 2.24) is 10.2 Å². The lowest BCUT2D eigenvalue weighted by Crippen LogP contribution is -2.35. The van der Waals surface area contributed by atoms with Gasteiger partial charge in [-0.25, -0.2) is 8.78 Å². The fourth-order valence-corrected chi connectivity index (χ4v) is 3.88. The summed E-state index contributed by atoms with van der Waals surface area (Å²) < 4.78 is 67.9. The van der Waals surface area contributed by atoms with Gasteiger partial charge in [-0.15, -0.1) is 12.8 Å². The summed E-state index contributed by atoms with van der Waals surface area (Å²) in [4.78, 5) is 2.08. The van der Waals surface area contributed by atoms with Crippen molar-refractivity contribution in [3.63, 3.8) is 0 Å². The summed E-state index contributed by atoms with van der Waals surface area (Å²) in [5.41, 5.74) is 1.02. The zero-order valence-corrected chi connectivity index (χ0v) is 22.6. The van der Waals surface area contributed by atoms with Crippen LogP contribution < -0.4 is 5.32 Å².